The predicted octanol–water partition coefficient (Wildman–Crippen LogP) is 2.47. The average molecular weight is 466 g/mol. The van der Waals surface area contributed by atoms with E-state index in [-0.39, 0.29) is 30.3 Å². The largest absolute Gasteiger partial charge is 0.383 e. The van der Waals surface area contributed by atoms with Crippen LogP contribution in [0.4, 0.5) is 22.9 Å². The first-order valence-corrected chi connectivity index (χ1v) is 10.8. The zero-order valence-electron chi connectivity index (χ0n) is 18.7. The first-order chi connectivity index (χ1) is 16.3. The SMILES string of the molecule is CCCCn1c(N)c(N(CC(=O)Nc2ccc([N+](=O)[O-])cc2)Cc2ccccc2)c(=O)[nH]c1=O. The molecule has 0 bridgehead atoms. The lowest BCUT2D eigenvalue weighted by Crippen LogP contribution is -2.41. The van der Waals surface area contributed by atoms with Crippen LogP contribution in [0.15, 0.2) is 64.2 Å². The number of nitrogen functional groups attached to an aromatic ring is 1. The van der Waals surface area contributed by atoms with Crippen molar-refractivity contribution < 1.29 is 9.72 Å². The number of carbonyl (C=O) groups is 1. The van der Waals surface area contributed by atoms with Crippen LogP contribution >= 0.6 is 0 Å². The molecule has 1 aromatic heterocycles. The molecule has 0 aliphatic rings. The third kappa shape index (κ3) is 5.88. The number of nitro benzene ring substituents is 1. The highest BCUT2D eigenvalue weighted by Gasteiger charge is 2.21. The van der Waals surface area contributed by atoms with Crippen LogP contribution in [0, 0.1) is 10.1 Å². The number of amides is 1. The van der Waals surface area contributed by atoms with Crippen LogP contribution < -0.4 is 27.2 Å². The smallest absolute Gasteiger partial charge is 0.330 e. The van der Waals surface area contributed by atoms with E-state index < -0.39 is 22.1 Å². The molecule has 1 amide bonds. The highest BCUT2D eigenvalue weighted by molar-refractivity contribution is 5.94. The van der Waals surface area contributed by atoms with Crippen molar-refractivity contribution in [3.63, 3.8) is 0 Å². The lowest BCUT2D eigenvalue weighted by atomic mass is 10.2. The van der Waals surface area contributed by atoms with Crippen LogP contribution in [-0.4, -0.2) is 26.9 Å². The Kier molecular flexibility index (Phi) is 7.80. The number of aromatic amines is 1. The number of anilines is 3. The highest BCUT2D eigenvalue weighted by Crippen LogP contribution is 2.20. The Morgan fingerprint density at radius 2 is 1.82 bits per heavy atom. The first kappa shape index (κ1) is 24.2. The van der Waals surface area contributed by atoms with Gasteiger partial charge in [-0.1, -0.05) is 43.7 Å². The van der Waals surface area contributed by atoms with Gasteiger partial charge in [-0.2, -0.15) is 0 Å². The van der Waals surface area contributed by atoms with Crippen molar-refractivity contribution in [1.29, 1.82) is 0 Å². The number of rotatable bonds is 10. The van der Waals surface area contributed by atoms with Gasteiger partial charge in [0.15, 0.2) is 0 Å². The molecule has 2 aromatic carbocycles. The molecule has 0 spiro atoms. The number of hydrogen-bond donors (Lipinski definition) is 3. The van der Waals surface area contributed by atoms with Gasteiger partial charge in [-0.25, -0.2) is 4.79 Å². The van der Waals surface area contributed by atoms with Crippen molar-refractivity contribution in [2.24, 2.45) is 0 Å². The fourth-order valence-corrected chi connectivity index (χ4v) is 3.48. The second kappa shape index (κ2) is 10.9. The van der Waals surface area contributed by atoms with Gasteiger partial charge in [-0.3, -0.25) is 29.3 Å². The number of hydrogen-bond acceptors (Lipinski definition) is 7. The van der Waals surface area contributed by atoms with Gasteiger partial charge in [0.05, 0.1) is 11.5 Å². The van der Waals surface area contributed by atoms with Crippen molar-refractivity contribution >= 4 is 28.8 Å². The minimum Gasteiger partial charge on any atom is -0.383 e. The number of benzene rings is 2. The Bertz CT molecular complexity index is 1270. The molecule has 1 heterocycles. The minimum absolute atomic E-state index is 0.0127. The maximum Gasteiger partial charge on any atom is 0.330 e. The number of nitrogens with two attached hydrogens (primary N) is 1. The molecular weight excluding hydrogens is 440 g/mol. The number of aromatic nitrogens is 2. The lowest BCUT2D eigenvalue weighted by molar-refractivity contribution is -0.384. The Morgan fingerprint density at radius 1 is 1.15 bits per heavy atom. The molecule has 11 heteroatoms. The maximum atomic E-state index is 12.8. The minimum atomic E-state index is -0.686. The molecule has 0 aliphatic carbocycles. The molecule has 0 aliphatic heterocycles. The number of H-pyrrole nitrogens is 1. The second-order valence-electron chi connectivity index (χ2n) is 7.69. The molecule has 3 rings (SSSR count). The van der Waals surface area contributed by atoms with Gasteiger partial charge < -0.3 is 16.0 Å². The van der Waals surface area contributed by atoms with Crippen molar-refractivity contribution in [1.82, 2.24) is 9.55 Å². The topological polar surface area (TPSA) is 156 Å². The lowest BCUT2D eigenvalue weighted by Gasteiger charge is -2.26. The summed E-state index contributed by atoms with van der Waals surface area (Å²) in [6.07, 6.45) is 1.51. The number of non-ortho nitro benzene ring substituents is 1. The number of carbonyl (C=O) groups excluding carboxylic acids is 1. The normalized spacial score (nSPS) is 10.6. The summed E-state index contributed by atoms with van der Waals surface area (Å²) in [5.74, 6) is -0.476. The van der Waals surface area contributed by atoms with Crippen LogP contribution in [0.2, 0.25) is 0 Å². The third-order valence-electron chi connectivity index (χ3n) is 5.18. The summed E-state index contributed by atoms with van der Waals surface area (Å²) in [6, 6.07) is 14.6. The summed E-state index contributed by atoms with van der Waals surface area (Å²) in [7, 11) is 0. The molecule has 178 valence electrons. The summed E-state index contributed by atoms with van der Waals surface area (Å²) in [6.45, 7) is 2.25. The van der Waals surface area contributed by atoms with E-state index >= 15 is 0 Å². The number of nitrogens with zero attached hydrogens (tertiary/aromatic N) is 3. The van der Waals surface area contributed by atoms with Crippen LogP contribution in [0.1, 0.15) is 25.3 Å². The van der Waals surface area contributed by atoms with E-state index in [4.69, 9.17) is 5.73 Å². The zero-order valence-corrected chi connectivity index (χ0v) is 18.7. The molecule has 0 fully saturated rings. The Hall–Kier alpha value is -4.41. The van der Waals surface area contributed by atoms with Gasteiger partial charge in [-0.15, -0.1) is 0 Å². The Balaban J connectivity index is 1.93. The molecule has 11 nitrogen and oxygen atoms in total. The van der Waals surface area contributed by atoms with E-state index in [0.29, 0.717) is 18.7 Å². The summed E-state index contributed by atoms with van der Waals surface area (Å²) >= 11 is 0. The quantitative estimate of drug-likeness (QED) is 0.306. The zero-order chi connectivity index (χ0) is 24.7. The van der Waals surface area contributed by atoms with Gasteiger partial charge in [-0.05, 0) is 24.1 Å². The van der Waals surface area contributed by atoms with Crippen LogP contribution in [0.3, 0.4) is 0 Å². The summed E-state index contributed by atoms with van der Waals surface area (Å²) in [5.41, 5.74) is 6.09. The molecule has 0 saturated heterocycles. The average Bonchev–Trinajstić information content (AvgIpc) is 2.79. The first-order valence-electron chi connectivity index (χ1n) is 10.8. The molecule has 0 radical (unpaired) electrons. The van der Waals surface area contributed by atoms with Crippen LogP contribution in [-0.2, 0) is 17.9 Å². The van der Waals surface area contributed by atoms with Crippen LogP contribution in [0.25, 0.3) is 0 Å². The fourth-order valence-electron chi connectivity index (χ4n) is 3.48. The van der Waals surface area contributed by atoms with Crippen molar-refractivity contribution in [3.8, 4) is 0 Å². The number of nitrogens with one attached hydrogen (secondary N) is 2. The summed E-state index contributed by atoms with van der Waals surface area (Å²) in [5, 5.41) is 13.5. The Labute approximate surface area is 195 Å². The molecular formula is C23H26N6O5. The van der Waals surface area contributed by atoms with Crippen molar-refractivity contribution in [2.75, 3.05) is 22.5 Å². The van der Waals surface area contributed by atoms with Gasteiger partial charge in [0, 0.05) is 30.9 Å². The van der Waals surface area contributed by atoms with E-state index in [9.17, 15) is 24.5 Å². The van der Waals surface area contributed by atoms with E-state index in [2.05, 4.69) is 10.3 Å². The molecule has 0 atom stereocenters. The van der Waals surface area contributed by atoms with Crippen molar-refractivity contribution in [2.45, 2.75) is 32.9 Å². The van der Waals surface area contributed by atoms with Crippen molar-refractivity contribution in [3.05, 3.63) is 91.1 Å². The molecule has 34 heavy (non-hydrogen) atoms. The molecule has 3 aromatic rings. The van der Waals surface area contributed by atoms with E-state index in [0.717, 1.165) is 12.0 Å². The molecule has 4 N–H and O–H groups in total. The summed E-state index contributed by atoms with van der Waals surface area (Å²) in [4.78, 5) is 52.0. The van der Waals surface area contributed by atoms with Gasteiger partial charge >= 0.3 is 5.69 Å². The maximum absolute atomic E-state index is 12.8. The standard InChI is InChI=1S/C23H26N6O5/c1-2-3-13-28-21(24)20(22(31)26-23(28)32)27(14-16-7-5-4-6-8-16)15-19(30)25-17-9-11-18(12-10-17)29(33)34/h4-12H,2-3,13-15,24H2,1H3,(H,25,30)(H,26,31,32). The third-order valence-corrected chi connectivity index (χ3v) is 5.18. The van der Waals surface area contributed by atoms with Crippen LogP contribution in [0.5, 0.6) is 0 Å². The fraction of sp³-hybridized carbons (Fsp3) is 0.261. The summed E-state index contributed by atoms with van der Waals surface area (Å²) < 4.78 is 1.30. The molecule has 0 unspecified atom stereocenters. The number of nitro groups is 1. The Morgan fingerprint density at radius 3 is 2.44 bits per heavy atom. The molecule has 0 saturated carbocycles. The van der Waals surface area contributed by atoms with Gasteiger partial charge in [0.1, 0.15) is 11.5 Å². The van der Waals surface area contributed by atoms with E-state index in [1.165, 1.54) is 33.7 Å². The second-order valence-corrected chi connectivity index (χ2v) is 7.69. The van der Waals surface area contributed by atoms with Gasteiger partial charge in [0.2, 0.25) is 5.91 Å². The monoisotopic (exact) mass is 466 g/mol. The van der Waals surface area contributed by atoms with E-state index in [1.54, 1.807) is 0 Å². The predicted molar refractivity (Wildman–Crippen MR) is 130 cm³/mol. The highest BCUT2D eigenvalue weighted by atomic mass is 16.6. The van der Waals surface area contributed by atoms with E-state index in [1.807, 2.05) is 37.3 Å². The van der Waals surface area contributed by atoms with Gasteiger partial charge in [0.25, 0.3) is 11.2 Å². The number of unbranched alkanes of at least 4 members (excludes halogenated alkanes) is 1.